The molecule has 174 valence electrons. The van der Waals surface area contributed by atoms with Crippen LogP contribution in [-0.4, -0.2) is 52.9 Å². The minimum atomic E-state index is -0.725. The van der Waals surface area contributed by atoms with Crippen molar-refractivity contribution < 1.29 is 10.2 Å². The molecular weight excluding hydrogens is 442 g/mol. The summed E-state index contributed by atoms with van der Waals surface area (Å²) in [5.74, 6) is 2.12. The number of fused-ring (bicyclic) bond motifs is 1. The summed E-state index contributed by atoms with van der Waals surface area (Å²) in [7, 11) is 0. The van der Waals surface area contributed by atoms with Crippen molar-refractivity contribution in [2.24, 2.45) is 0 Å². The molecule has 8 heteroatoms. The number of H-pyrrole nitrogens is 1. The molecule has 0 unspecified atom stereocenters. The van der Waals surface area contributed by atoms with E-state index in [2.05, 4.69) is 46.8 Å². The molecule has 0 saturated carbocycles. The maximum absolute atomic E-state index is 11.6. The highest BCUT2D eigenvalue weighted by Crippen LogP contribution is 2.31. The van der Waals surface area contributed by atoms with Gasteiger partial charge in [0.2, 0.25) is 0 Å². The summed E-state index contributed by atoms with van der Waals surface area (Å²) in [5, 5.41) is 27.1. The lowest BCUT2D eigenvalue weighted by molar-refractivity contribution is 0.177. The van der Waals surface area contributed by atoms with Gasteiger partial charge in [0.15, 0.2) is 0 Å². The SMILES string of the molecule is CCc1ccc(CCNCCCSCCNC[C@H](O)c2ccc(O)c3[nH]c(=O)sc23)cc1. The number of aryl methyl sites for hydroxylation is 1. The predicted molar refractivity (Wildman–Crippen MR) is 136 cm³/mol. The lowest BCUT2D eigenvalue weighted by Crippen LogP contribution is -2.24. The van der Waals surface area contributed by atoms with Gasteiger partial charge in [-0.25, -0.2) is 0 Å². The first-order valence-corrected chi connectivity index (χ1v) is 13.2. The van der Waals surface area contributed by atoms with Crippen molar-refractivity contribution in [3.63, 3.8) is 0 Å². The molecule has 2 aromatic carbocycles. The van der Waals surface area contributed by atoms with Crippen molar-refractivity contribution in [2.45, 2.75) is 32.3 Å². The maximum Gasteiger partial charge on any atom is 0.305 e. The number of phenols is 1. The van der Waals surface area contributed by atoms with Crippen LogP contribution in [0.1, 0.15) is 36.1 Å². The van der Waals surface area contributed by atoms with Crippen LogP contribution < -0.4 is 15.5 Å². The molecule has 0 fully saturated rings. The molecular formula is C24H33N3O3S2. The van der Waals surface area contributed by atoms with E-state index >= 15 is 0 Å². The second-order valence-corrected chi connectivity index (χ2v) is 9.96. The van der Waals surface area contributed by atoms with E-state index in [1.807, 2.05) is 11.8 Å². The fraction of sp³-hybridized carbons (Fsp3) is 0.458. The van der Waals surface area contributed by atoms with Crippen LogP contribution in [0.2, 0.25) is 0 Å². The van der Waals surface area contributed by atoms with Crippen LogP contribution in [0.4, 0.5) is 0 Å². The number of aliphatic hydroxyl groups excluding tert-OH is 1. The highest BCUT2D eigenvalue weighted by Gasteiger charge is 2.15. The molecule has 1 atom stereocenters. The van der Waals surface area contributed by atoms with E-state index in [1.165, 1.54) is 17.2 Å². The Morgan fingerprint density at radius 3 is 2.59 bits per heavy atom. The highest BCUT2D eigenvalue weighted by atomic mass is 32.2. The Morgan fingerprint density at radius 2 is 1.81 bits per heavy atom. The van der Waals surface area contributed by atoms with E-state index in [4.69, 9.17) is 0 Å². The standard InChI is InChI=1S/C24H33N3O3S2/c1-2-17-4-6-18(7-5-17)10-12-25-11-3-14-31-15-13-26-16-21(29)19-8-9-20(28)22-23(19)32-24(30)27-22/h4-9,21,25-26,28-29H,2-3,10-16H2,1H3,(H,27,30)/t21-/m0/s1. The van der Waals surface area contributed by atoms with Crippen LogP contribution in [0.15, 0.2) is 41.2 Å². The molecule has 0 aliphatic carbocycles. The molecule has 6 nitrogen and oxygen atoms in total. The van der Waals surface area contributed by atoms with Crippen LogP contribution in [0, 0.1) is 0 Å². The summed E-state index contributed by atoms with van der Waals surface area (Å²) in [6, 6.07) is 12.1. The van der Waals surface area contributed by atoms with Gasteiger partial charge < -0.3 is 25.8 Å². The second-order valence-electron chi connectivity index (χ2n) is 7.75. The fourth-order valence-corrected chi connectivity index (χ4v) is 5.25. The third-order valence-corrected chi connectivity index (χ3v) is 7.37. The van der Waals surface area contributed by atoms with Gasteiger partial charge in [0, 0.05) is 24.4 Å². The van der Waals surface area contributed by atoms with Gasteiger partial charge in [0.1, 0.15) is 11.3 Å². The average molecular weight is 476 g/mol. The molecule has 0 saturated heterocycles. The van der Waals surface area contributed by atoms with E-state index < -0.39 is 6.10 Å². The molecule has 3 aromatic rings. The Hall–Kier alpha value is -1.84. The second kappa shape index (κ2) is 13.0. The quantitative estimate of drug-likeness (QED) is 0.229. The zero-order chi connectivity index (χ0) is 22.8. The van der Waals surface area contributed by atoms with Crippen molar-refractivity contribution >= 4 is 33.3 Å². The van der Waals surface area contributed by atoms with Crippen molar-refractivity contribution in [1.29, 1.82) is 0 Å². The number of hydrogen-bond acceptors (Lipinski definition) is 7. The lowest BCUT2D eigenvalue weighted by Gasteiger charge is -2.13. The first-order chi connectivity index (χ1) is 15.6. The predicted octanol–water partition coefficient (Wildman–Crippen LogP) is 3.44. The van der Waals surface area contributed by atoms with Gasteiger partial charge >= 0.3 is 4.87 Å². The molecule has 5 N–H and O–H groups in total. The summed E-state index contributed by atoms with van der Waals surface area (Å²) >= 11 is 2.92. The minimum absolute atomic E-state index is 0.0266. The van der Waals surface area contributed by atoms with E-state index in [1.54, 1.807) is 6.07 Å². The zero-order valence-electron chi connectivity index (χ0n) is 18.5. The van der Waals surface area contributed by atoms with Crippen molar-refractivity contribution in [3.05, 3.63) is 62.8 Å². The van der Waals surface area contributed by atoms with Gasteiger partial charge in [-0.15, -0.1) is 0 Å². The Morgan fingerprint density at radius 1 is 1.03 bits per heavy atom. The molecule has 3 rings (SSSR count). The van der Waals surface area contributed by atoms with Crippen molar-refractivity contribution in [2.75, 3.05) is 37.7 Å². The number of aliphatic hydroxyl groups is 1. The smallest absolute Gasteiger partial charge is 0.305 e. The lowest BCUT2D eigenvalue weighted by atomic mass is 10.1. The minimum Gasteiger partial charge on any atom is -0.506 e. The summed E-state index contributed by atoms with van der Waals surface area (Å²) in [4.78, 5) is 14.0. The van der Waals surface area contributed by atoms with E-state index in [0.29, 0.717) is 22.3 Å². The Labute approximate surface area is 197 Å². The number of hydrogen-bond donors (Lipinski definition) is 5. The van der Waals surface area contributed by atoms with Crippen LogP contribution >= 0.6 is 23.1 Å². The van der Waals surface area contributed by atoms with E-state index in [-0.39, 0.29) is 10.6 Å². The molecule has 0 bridgehead atoms. The number of benzene rings is 2. The van der Waals surface area contributed by atoms with Crippen LogP contribution in [0.25, 0.3) is 10.2 Å². The molecule has 1 heterocycles. The Kier molecular flexibility index (Phi) is 10.1. The Balaban J connectivity index is 1.22. The van der Waals surface area contributed by atoms with Gasteiger partial charge in [-0.05, 0) is 55.3 Å². The number of aromatic amines is 1. The summed E-state index contributed by atoms with van der Waals surface area (Å²) in [5.41, 5.74) is 3.83. The van der Waals surface area contributed by atoms with Gasteiger partial charge in [-0.3, -0.25) is 4.79 Å². The number of nitrogens with one attached hydrogen (secondary N) is 3. The first-order valence-electron chi connectivity index (χ1n) is 11.2. The third kappa shape index (κ3) is 7.35. The molecule has 0 amide bonds. The average Bonchev–Trinajstić information content (AvgIpc) is 3.20. The molecule has 0 spiro atoms. The Bertz CT molecular complexity index is 1020. The van der Waals surface area contributed by atoms with Gasteiger partial charge in [0.05, 0.1) is 10.8 Å². The van der Waals surface area contributed by atoms with Gasteiger partial charge in [-0.2, -0.15) is 11.8 Å². The molecule has 0 aliphatic heterocycles. The molecule has 0 aliphatic rings. The number of aromatic nitrogens is 1. The van der Waals surface area contributed by atoms with Crippen molar-refractivity contribution in [1.82, 2.24) is 15.6 Å². The van der Waals surface area contributed by atoms with Crippen LogP contribution in [-0.2, 0) is 12.8 Å². The number of aromatic hydroxyl groups is 1. The number of thiazole rings is 1. The van der Waals surface area contributed by atoms with E-state index in [0.717, 1.165) is 61.7 Å². The number of rotatable bonds is 14. The van der Waals surface area contributed by atoms with E-state index in [9.17, 15) is 15.0 Å². The fourth-order valence-electron chi connectivity index (χ4n) is 3.50. The highest BCUT2D eigenvalue weighted by molar-refractivity contribution is 7.99. The molecule has 0 radical (unpaired) electrons. The number of phenolic OH excluding ortho intramolecular Hbond substituents is 1. The number of thioether (sulfide) groups is 1. The van der Waals surface area contributed by atoms with Gasteiger partial charge in [-0.1, -0.05) is 48.6 Å². The third-order valence-electron chi connectivity index (χ3n) is 5.37. The summed E-state index contributed by atoms with van der Waals surface area (Å²) < 4.78 is 0.615. The van der Waals surface area contributed by atoms with Crippen LogP contribution in [0.5, 0.6) is 5.75 Å². The zero-order valence-corrected chi connectivity index (χ0v) is 20.2. The van der Waals surface area contributed by atoms with Crippen molar-refractivity contribution in [3.8, 4) is 5.75 Å². The molecule has 1 aromatic heterocycles. The summed E-state index contributed by atoms with van der Waals surface area (Å²) in [6.45, 7) is 5.44. The van der Waals surface area contributed by atoms with Crippen LogP contribution in [0.3, 0.4) is 0 Å². The normalized spacial score (nSPS) is 12.4. The maximum atomic E-state index is 11.6. The largest absolute Gasteiger partial charge is 0.506 e. The first kappa shape index (κ1) is 24.8. The monoisotopic (exact) mass is 475 g/mol. The molecule has 32 heavy (non-hydrogen) atoms. The summed E-state index contributed by atoms with van der Waals surface area (Å²) in [6.07, 6.45) is 2.57. The topological polar surface area (TPSA) is 97.4 Å². The van der Waals surface area contributed by atoms with Gasteiger partial charge in [0.25, 0.3) is 0 Å².